The smallest absolute Gasteiger partial charge is 0.275 e. The molecule has 1 amide bonds. The molecule has 3 rings (SSSR count). The summed E-state index contributed by atoms with van der Waals surface area (Å²) in [6, 6.07) is 13.1. The molecule has 0 saturated heterocycles. The fourth-order valence-electron chi connectivity index (χ4n) is 2.51. The Morgan fingerprint density at radius 1 is 1.00 bits per heavy atom. The van der Waals surface area contributed by atoms with Crippen LogP contribution in [0.25, 0.3) is 0 Å². The second-order valence-corrected chi connectivity index (χ2v) is 6.99. The van der Waals surface area contributed by atoms with Gasteiger partial charge >= 0.3 is 0 Å². The Hall–Kier alpha value is -3.26. The van der Waals surface area contributed by atoms with Gasteiger partial charge in [-0.25, -0.2) is 4.98 Å². The molecule has 0 saturated carbocycles. The largest absolute Gasteiger partial charge is 0.493 e. The molecular weight excluding hydrogens is 376 g/mol. The lowest BCUT2D eigenvalue weighted by Crippen LogP contribution is -2.13. The van der Waals surface area contributed by atoms with Crippen LogP contribution in [0.15, 0.2) is 47.8 Å². The number of anilines is 4. The number of amides is 1. The lowest BCUT2D eigenvalue weighted by atomic mass is 10.2. The summed E-state index contributed by atoms with van der Waals surface area (Å²) in [5.41, 5.74) is 2.92. The van der Waals surface area contributed by atoms with Crippen molar-refractivity contribution in [1.82, 2.24) is 4.98 Å². The Morgan fingerprint density at radius 3 is 2.32 bits per heavy atom. The van der Waals surface area contributed by atoms with Gasteiger partial charge < -0.3 is 25.0 Å². The van der Waals surface area contributed by atoms with Gasteiger partial charge in [0.1, 0.15) is 5.69 Å². The summed E-state index contributed by atoms with van der Waals surface area (Å²) in [5, 5.41) is 8.36. The van der Waals surface area contributed by atoms with Gasteiger partial charge in [0, 0.05) is 42.6 Å². The highest BCUT2D eigenvalue weighted by Crippen LogP contribution is 2.31. The van der Waals surface area contributed by atoms with Gasteiger partial charge in [0.25, 0.3) is 5.91 Å². The normalized spacial score (nSPS) is 10.3. The highest BCUT2D eigenvalue weighted by atomic mass is 32.1. The summed E-state index contributed by atoms with van der Waals surface area (Å²) in [5.74, 6) is 1.00. The molecule has 1 aromatic heterocycles. The summed E-state index contributed by atoms with van der Waals surface area (Å²) >= 11 is 1.35. The van der Waals surface area contributed by atoms with Gasteiger partial charge in [0.05, 0.1) is 14.2 Å². The molecule has 2 N–H and O–H groups in total. The van der Waals surface area contributed by atoms with Gasteiger partial charge in [0.15, 0.2) is 16.6 Å². The van der Waals surface area contributed by atoms with E-state index in [1.165, 1.54) is 11.3 Å². The number of aromatic nitrogens is 1. The number of hydrogen-bond donors (Lipinski definition) is 2. The van der Waals surface area contributed by atoms with Gasteiger partial charge in [-0.3, -0.25) is 4.79 Å². The van der Waals surface area contributed by atoms with E-state index < -0.39 is 0 Å². The molecule has 0 spiro atoms. The number of rotatable bonds is 7. The van der Waals surface area contributed by atoms with E-state index in [-0.39, 0.29) is 5.91 Å². The van der Waals surface area contributed by atoms with E-state index in [0.717, 1.165) is 17.1 Å². The molecule has 28 heavy (non-hydrogen) atoms. The third kappa shape index (κ3) is 4.52. The molecule has 0 radical (unpaired) electrons. The molecular formula is C20H22N4O3S. The second kappa shape index (κ2) is 8.62. The predicted octanol–water partition coefficient (Wildman–Crippen LogP) is 4.22. The van der Waals surface area contributed by atoms with Crippen molar-refractivity contribution < 1.29 is 14.3 Å². The van der Waals surface area contributed by atoms with E-state index in [0.29, 0.717) is 22.3 Å². The molecule has 0 aliphatic carbocycles. The van der Waals surface area contributed by atoms with Crippen molar-refractivity contribution in [1.29, 1.82) is 0 Å². The second-order valence-electron chi connectivity index (χ2n) is 6.13. The average molecular weight is 398 g/mol. The summed E-state index contributed by atoms with van der Waals surface area (Å²) in [6.45, 7) is 0. The average Bonchev–Trinajstić information content (AvgIpc) is 3.17. The Labute approximate surface area is 167 Å². The summed E-state index contributed by atoms with van der Waals surface area (Å²) in [7, 11) is 7.11. The first kappa shape index (κ1) is 19.5. The maximum absolute atomic E-state index is 12.4. The number of ether oxygens (including phenoxy) is 2. The maximum atomic E-state index is 12.4. The minimum Gasteiger partial charge on any atom is -0.493 e. The van der Waals surface area contributed by atoms with E-state index in [4.69, 9.17) is 9.47 Å². The standard InChI is InChI=1S/C20H22N4O3S/c1-24(2)15-8-5-13(6-9-15)21-19(25)16-12-28-20(23-16)22-14-7-10-17(26-3)18(11-14)27-4/h5-12H,1-4H3,(H,21,25)(H,22,23). The van der Waals surface area contributed by atoms with Gasteiger partial charge in [-0.15, -0.1) is 11.3 Å². The van der Waals surface area contributed by atoms with E-state index in [2.05, 4.69) is 15.6 Å². The first-order valence-corrected chi connectivity index (χ1v) is 9.41. The first-order chi connectivity index (χ1) is 13.5. The van der Waals surface area contributed by atoms with Crippen LogP contribution < -0.4 is 25.0 Å². The number of carbonyl (C=O) groups is 1. The van der Waals surface area contributed by atoms with Gasteiger partial charge in [-0.05, 0) is 36.4 Å². The molecule has 0 atom stereocenters. The molecule has 0 aliphatic rings. The van der Waals surface area contributed by atoms with Crippen LogP contribution in [0.3, 0.4) is 0 Å². The fraction of sp³-hybridized carbons (Fsp3) is 0.200. The summed E-state index contributed by atoms with van der Waals surface area (Å²) in [6.07, 6.45) is 0. The number of methoxy groups -OCH3 is 2. The highest BCUT2D eigenvalue weighted by molar-refractivity contribution is 7.14. The minimum absolute atomic E-state index is 0.255. The van der Waals surface area contributed by atoms with Crippen LogP contribution in [-0.4, -0.2) is 39.2 Å². The molecule has 146 valence electrons. The van der Waals surface area contributed by atoms with Crippen LogP contribution in [0.5, 0.6) is 11.5 Å². The number of thiazole rings is 1. The van der Waals surface area contributed by atoms with Crippen LogP contribution >= 0.6 is 11.3 Å². The Balaban J connectivity index is 1.67. The third-order valence-corrected chi connectivity index (χ3v) is 4.77. The zero-order valence-corrected chi connectivity index (χ0v) is 17.0. The molecule has 0 unspecified atom stereocenters. The van der Waals surface area contributed by atoms with Crippen molar-refractivity contribution in [2.24, 2.45) is 0 Å². The minimum atomic E-state index is -0.255. The molecule has 8 heteroatoms. The van der Waals surface area contributed by atoms with Crippen molar-refractivity contribution in [2.45, 2.75) is 0 Å². The van der Waals surface area contributed by atoms with Crippen LogP contribution in [-0.2, 0) is 0 Å². The number of benzene rings is 2. The highest BCUT2D eigenvalue weighted by Gasteiger charge is 2.12. The molecule has 3 aromatic rings. The third-order valence-electron chi connectivity index (χ3n) is 4.01. The zero-order valence-electron chi connectivity index (χ0n) is 16.1. The molecule has 0 fully saturated rings. The quantitative estimate of drug-likeness (QED) is 0.621. The molecule has 7 nitrogen and oxygen atoms in total. The van der Waals surface area contributed by atoms with Crippen LogP contribution in [0.4, 0.5) is 22.2 Å². The number of carbonyl (C=O) groups excluding carboxylic acids is 1. The SMILES string of the molecule is COc1ccc(Nc2nc(C(=O)Nc3ccc(N(C)C)cc3)cs2)cc1OC. The summed E-state index contributed by atoms with van der Waals surface area (Å²) < 4.78 is 10.5. The topological polar surface area (TPSA) is 75.7 Å². The van der Waals surface area contributed by atoms with Gasteiger partial charge in [-0.2, -0.15) is 0 Å². The Morgan fingerprint density at radius 2 is 1.68 bits per heavy atom. The lowest BCUT2D eigenvalue weighted by Gasteiger charge is -2.12. The molecule has 0 aliphatic heterocycles. The number of nitrogens with one attached hydrogen (secondary N) is 2. The number of hydrogen-bond acceptors (Lipinski definition) is 7. The van der Waals surface area contributed by atoms with E-state index in [1.807, 2.05) is 55.4 Å². The van der Waals surface area contributed by atoms with Crippen LogP contribution in [0.1, 0.15) is 10.5 Å². The van der Waals surface area contributed by atoms with E-state index in [1.54, 1.807) is 25.7 Å². The monoisotopic (exact) mass is 398 g/mol. The van der Waals surface area contributed by atoms with E-state index in [9.17, 15) is 4.79 Å². The van der Waals surface area contributed by atoms with Crippen molar-refractivity contribution in [3.8, 4) is 11.5 Å². The molecule has 1 heterocycles. The first-order valence-electron chi connectivity index (χ1n) is 8.53. The molecule has 0 bridgehead atoms. The Kier molecular flexibility index (Phi) is 6.00. The predicted molar refractivity (Wildman–Crippen MR) is 114 cm³/mol. The van der Waals surface area contributed by atoms with Crippen molar-refractivity contribution in [3.05, 3.63) is 53.5 Å². The zero-order chi connectivity index (χ0) is 20.1. The van der Waals surface area contributed by atoms with Gasteiger partial charge in [0.2, 0.25) is 0 Å². The fourth-order valence-corrected chi connectivity index (χ4v) is 3.22. The van der Waals surface area contributed by atoms with E-state index >= 15 is 0 Å². The van der Waals surface area contributed by atoms with Gasteiger partial charge in [-0.1, -0.05) is 0 Å². The summed E-state index contributed by atoms with van der Waals surface area (Å²) in [4.78, 5) is 18.8. The Bertz CT molecular complexity index is 954. The lowest BCUT2D eigenvalue weighted by molar-refractivity contribution is 0.102. The van der Waals surface area contributed by atoms with Crippen molar-refractivity contribution in [3.63, 3.8) is 0 Å². The maximum Gasteiger partial charge on any atom is 0.275 e. The van der Waals surface area contributed by atoms with Crippen molar-refractivity contribution in [2.75, 3.05) is 43.8 Å². The molecule has 2 aromatic carbocycles. The van der Waals surface area contributed by atoms with Crippen molar-refractivity contribution >= 4 is 39.4 Å². The van der Waals surface area contributed by atoms with Crippen LogP contribution in [0.2, 0.25) is 0 Å². The van der Waals surface area contributed by atoms with Crippen LogP contribution in [0, 0.1) is 0 Å². The number of nitrogens with zero attached hydrogens (tertiary/aromatic N) is 2.